The smallest absolute Gasteiger partial charge is 0.274 e. The molecule has 0 unspecified atom stereocenters. The first-order valence-electron chi connectivity index (χ1n) is 8.57. The van der Waals surface area contributed by atoms with E-state index in [1.807, 2.05) is 4.90 Å². The maximum atomic E-state index is 12.6. The molecular formula is C17H24N4O4. The van der Waals surface area contributed by atoms with Gasteiger partial charge in [-0.2, -0.15) is 0 Å². The minimum atomic E-state index is -0.106. The Labute approximate surface area is 146 Å². The third-order valence-electron chi connectivity index (χ3n) is 4.91. The van der Waals surface area contributed by atoms with Crippen molar-refractivity contribution in [3.63, 3.8) is 0 Å². The monoisotopic (exact) mass is 348 g/mol. The highest BCUT2D eigenvalue weighted by atomic mass is 16.5. The first-order valence-corrected chi connectivity index (χ1v) is 8.57. The molecule has 0 aliphatic carbocycles. The lowest BCUT2D eigenvalue weighted by molar-refractivity contribution is -0.124. The largest absolute Gasteiger partial charge is 0.383 e. The van der Waals surface area contributed by atoms with E-state index in [1.54, 1.807) is 13.3 Å². The zero-order chi connectivity index (χ0) is 17.6. The first kappa shape index (κ1) is 17.8. The average Bonchev–Trinajstić information content (AvgIpc) is 3.07. The summed E-state index contributed by atoms with van der Waals surface area (Å²) in [7, 11) is 1.60. The molecule has 2 amide bonds. The van der Waals surface area contributed by atoms with Crippen LogP contribution in [-0.4, -0.2) is 73.2 Å². The summed E-state index contributed by atoms with van der Waals surface area (Å²) >= 11 is 0. The van der Waals surface area contributed by atoms with Gasteiger partial charge in [0.2, 0.25) is 5.91 Å². The van der Waals surface area contributed by atoms with Gasteiger partial charge in [-0.1, -0.05) is 0 Å². The zero-order valence-corrected chi connectivity index (χ0v) is 14.4. The molecule has 8 nitrogen and oxygen atoms in total. The lowest BCUT2D eigenvalue weighted by Gasteiger charge is -2.32. The van der Waals surface area contributed by atoms with Gasteiger partial charge in [-0.05, 0) is 11.8 Å². The lowest BCUT2D eigenvalue weighted by Crippen LogP contribution is -2.38. The number of fused-ring (bicyclic) bond motifs is 1. The van der Waals surface area contributed by atoms with Crippen LogP contribution in [0.25, 0.3) is 0 Å². The summed E-state index contributed by atoms with van der Waals surface area (Å²) in [4.78, 5) is 34.5. The molecule has 25 heavy (non-hydrogen) atoms. The van der Waals surface area contributed by atoms with E-state index in [2.05, 4.69) is 15.3 Å². The van der Waals surface area contributed by atoms with Gasteiger partial charge in [0.15, 0.2) is 0 Å². The fraction of sp³-hybridized carbons (Fsp3) is 0.647. The minimum absolute atomic E-state index is 0.00463. The number of nitrogens with zero attached hydrogens (tertiary/aromatic N) is 3. The molecule has 3 atom stereocenters. The molecule has 1 N–H and O–H groups in total. The maximum absolute atomic E-state index is 12.6. The fourth-order valence-corrected chi connectivity index (χ4v) is 3.65. The van der Waals surface area contributed by atoms with Gasteiger partial charge in [-0.25, -0.2) is 4.98 Å². The van der Waals surface area contributed by atoms with Gasteiger partial charge in [0, 0.05) is 51.5 Å². The van der Waals surface area contributed by atoms with E-state index in [0.717, 1.165) is 0 Å². The molecule has 2 fully saturated rings. The Morgan fingerprint density at radius 2 is 2.24 bits per heavy atom. The van der Waals surface area contributed by atoms with Gasteiger partial charge in [-0.15, -0.1) is 0 Å². The van der Waals surface area contributed by atoms with Crippen molar-refractivity contribution in [3.05, 3.63) is 24.3 Å². The van der Waals surface area contributed by atoms with Gasteiger partial charge < -0.3 is 19.7 Å². The van der Waals surface area contributed by atoms with E-state index >= 15 is 0 Å². The highest BCUT2D eigenvalue weighted by molar-refractivity contribution is 5.92. The molecule has 2 aliphatic heterocycles. The number of hydrogen-bond acceptors (Lipinski definition) is 6. The van der Waals surface area contributed by atoms with Crippen molar-refractivity contribution in [2.75, 3.05) is 46.6 Å². The Kier molecular flexibility index (Phi) is 5.93. The molecule has 136 valence electrons. The summed E-state index contributed by atoms with van der Waals surface area (Å²) < 4.78 is 10.6. The van der Waals surface area contributed by atoms with Crippen LogP contribution in [0.3, 0.4) is 0 Å². The van der Waals surface area contributed by atoms with Crippen LogP contribution >= 0.6 is 0 Å². The second kappa shape index (κ2) is 8.35. The molecule has 2 saturated heterocycles. The summed E-state index contributed by atoms with van der Waals surface area (Å²) in [5.41, 5.74) is 0.357. The van der Waals surface area contributed by atoms with E-state index in [4.69, 9.17) is 9.47 Å². The van der Waals surface area contributed by atoms with Crippen LogP contribution < -0.4 is 5.32 Å². The topological polar surface area (TPSA) is 93.7 Å². The fourth-order valence-electron chi connectivity index (χ4n) is 3.65. The minimum Gasteiger partial charge on any atom is -0.383 e. The highest BCUT2D eigenvalue weighted by Crippen LogP contribution is 2.36. The standard InChI is InChI=1S/C17H24N4O4/c1-24-5-4-20-16(22)6-12-10-25-11-13-8-21(9-14(12)13)17(23)15-7-18-2-3-19-15/h2-3,7,12-14H,4-6,8-11H2,1H3,(H,20,22)/t12-,13-,14+/m1/s1. The van der Waals surface area contributed by atoms with Crippen molar-refractivity contribution in [2.45, 2.75) is 6.42 Å². The molecule has 0 saturated carbocycles. The van der Waals surface area contributed by atoms with E-state index in [-0.39, 0.29) is 29.6 Å². The van der Waals surface area contributed by atoms with Gasteiger partial charge in [-0.3, -0.25) is 14.6 Å². The van der Waals surface area contributed by atoms with Crippen LogP contribution in [0.2, 0.25) is 0 Å². The van der Waals surface area contributed by atoms with Crippen LogP contribution in [0, 0.1) is 17.8 Å². The quantitative estimate of drug-likeness (QED) is 0.725. The summed E-state index contributed by atoms with van der Waals surface area (Å²) in [5, 5.41) is 2.85. The third kappa shape index (κ3) is 4.32. The molecule has 1 aromatic rings. The van der Waals surface area contributed by atoms with Crippen molar-refractivity contribution in [1.29, 1.82) is 0 Å². The molecule has 0 bridgehead atoms. The van der Waals surface area contributed by atoms with Gasteiger partial charge in [0.1, 0.15) is 5.69 Å². The first-order chi connectivity index (χ1) is 12.2. The molecule has 3 rings (SSSR count). The van der Waals surface area contributed by atoms with Crippen molar-refractivity contribution in [2.24, 2.45) is 17.8 Å². The number of rotatable bonds is 6. The van der Waals surface area contributed by atoms with Crippen molar-refractivity contribution in [1.82, 2.24) is 20.2 Å². The molecule has 0 aromatic carbocycles. The predicted octanol–water partition coefficient (Wildman–Crippen LogP) is -0.0361. The van der Waals surface area contributed by atoms with E-state index in [0.29, 0.717) is 51.6 Å². The van der Waals surface area contributed by atoms with Crippen LogP contribution in [0.5, 0.6) is 0 Å². The van der Waals surface area contributed by atoms with Crippen molar-refractivity contribution >= 4 is 11.8 Å². The molecule has 2 aliphatic rings. The van der Waals surface area contributed by atoms with E-state index in [1.165, 1.54) is 12.4 Å². The summed E-state index contributed by atoms with van der Waals surface area (Å²) in [6, 6.07) is 0. The van der Waals surface area contributed by atoms with Crippen LogP contribution in [0.15, 0.2) is 18.6 Å². The average molecular weight is 348 g/mol. The Hall–Kier alpha value is -2.06. The Bertz CT molecular complexity index is 598. The van der Waals surface area contributed by atoms with Gasteiger partial charge in [0.25, 0.3) is 5.91 Å². The van der Waals surface area contributed by atoms with Crippen molar-refractivity contribution < 1.29 is 19.1 Å². The maximum Gasteiger partial charge on any atom is 0.274 e. The molecule has 1 aromatic heterocycles. The highest BCUT2D eigenvalue weighted by Gasteiger charge is 2.43. The number of methoxy groups -OCH3 is 1. The number of ether oxygens (including phenoxy) is 2. The number of likely N-dealkylation sites (tertiary alicyclic amines) is 1. The third-order valence-corrected chi connectivity index (χ3v) is 4.91. The van der Waals surface area contributed by atoms with E-state index < -0.39 is 0 Å². The number of carbonyl (C=O) groups excluding carboxylic acids is 2. The van der Waals surface area contributed by atoms with Crippen LogP contribution in [0.1, 0.15) is 16.9 Å². The number of aromatic nitrogens is 2. The van der Waals surface area contributed by atoms with E-state index in [9.17, 15) is 9.59 Å². The molecule has 8 heteroatoms. The van der Waals surface area contributed by atoms with Crippen LogP contribution in [0.4, 0.5) is 0 Å². The second-order valence-electron chi connectivity index (χ2n) is 6.57. The Morgan fingerprint density at radius 3 is 3.00 bits per heavy atom. The normalized spacial score (nSPS) is 25.5. The van der Waals surface area contributed by atoms with Crippen molar-refractivity contribution in [3.8, 4) is 0 Å². The Balaban J connectivity index is 1.58. The summed E-state index contributed by atoms with van der Waals surface area (Å²) in [6.07, 6.45) is 4.97. The molecule has 3 heterocycles. The summed E-state index contributed by atoms with van der Waals surface area (Å²) in [6.45, 7) is 3.48. The second-order valence-corrected chi connectivity index (χ2v) is 6.57. The number of nitrogens with one attached hydrogen (secondary N) is 1. The van der Waals surface area contributed by atoms with Crippen LogP contribution in [-0.2, 0) is 14.3 Å². The number of hydrogen-bond donors (Lipinski definition) is 1. The summed E-state index contributed by atoms with van der Waals surface area (Å²) in [5.74, 6) is 0.574. The number of amides is 2. The molecule has 0 radical (unpaired) electrons. The Morgan fingerprint density at radius 1 is 1.36 bits per heavy atom. The lowest BCUT2D eigenvalue weighted by atomic mass is 9.81. The number of carbonyl (C=O) groups is 2. The molecule has 0 spiro atoms. The zero-order valence-electron chi connectivity index (χ0n) is 14.4. The molecular weight excluding hydrogens is 324 g/mol. The SMILES string of the molecule is COCCNC(=O)C[C@@H]1COC[C@H]2CN(C(=O)c3cnccn3)C[C@@H]12. The van der Waals surface area contributed by atoms with Gasteiger partial charge >= 0.3 is 0 Å². The van der Waals surface area contributed by atoms with Gasteiger partial charge in [0.05, 0.1) is 26.0 Å². The predicted molar refractivity (Wildman–Crippen MR) is 88.7 cm³/mol.